The predicted octanol–water partition coefficient (Wildman–Crippen LogP) is 4.28. The molecule has 0 aliphatic carbocycles. The number of aliphatic imine (C=N–C) groups is 1. The van der Waals surface area contributed by atoms with Crippen LogP contribution in [0.25, 0.3) is 0 Å². The first kappa shape index (κ1) is 32.9. The van der Waals surface area contributed by atoms with Crippen LogP contribution in [0.2, 0.25) is 0 Å². The van der Waals surface area contributed by atoms with Crippen molar-refractivity contribution in [2.75, 3.05) is 4.72 Å². The molecule has 1 aliphatic rings. The smallest absolute Gasteiger partial charge is 0.436 e. The van der Waals surface area contributed by atoms with Crippen molar-refractivity contribution in [1.29, 1.82) is 0 Å². The first-order chi connectivity index (χ1) is 22.3. The Bertz CT molecular complexity index is 1970. The number of aromatic nitrogens is 2. The number of aryl methyl sites for hydroxylation is 1. The summed E-state index contributed by atoms with van der Waals surface area (Å²) in [7, 11) is -4.15. The minimum absolute atomic E-state index is 0.00945. The Labute approximate surface area is 271 Å². The summed E-state index contributed by atoms with van der Waals surface area (Å²) >= 11 is 0. The zero-order valence-corrected chi connectivity index (χ0v) is 26.8. The lowest BCUT2D eigenvalue weighted by atomic mass is 10.1. The Morgan fingerprint density at radius 1 is 1.00 bits per heavy atom. The van der Waals surface area contributed by atoms with E-state index in [4.69, 9.17) is 15.2 Å². The average Bonchev–Trinajstić information content (AvgIpc) is 3.46. The van der Waals surface area contributed by atoms with E-state index < -0.39 is 39.2 Å². The summed E-state index contributed by atoms with van der Waals surface area (Å²) in [6, 6.07) is 20.7. The molecule has 1 aromatic heterocycles. The summed E-state index contributed by atoms with van der Waals surface area (Å²) < 4.78 is 40.7. The molecule has 13 nitrogen and oxygen atoms in total. The molecule has 1 unspecified atom stereocenters. The number of nitrogens with zero attached hydrogens (tertiary/aromatic N) is 3. The average molecular weight is 659 g/mol. The molecule has 0 radical (unpaired) electrons. The molecular weight excluding hydrogens is 624 g/mol. The summed E-state index contributed by atoms with van der Waals surface area (Å²) in [5.74, 6) is 0.990. The normalized spacial score (nSPS) is 14.6. The summed E-state index contributed by atoms with van der Waals surface area (Å²) in [6.07, 6.45) is 1.06. The molecule has 47 heavy (non-hydrogen) atoms. The number of amides is 2. The topological polar surface area (TPSA) is 184 Å². The number of hydrogen-bond acceptors (Lipinski definition) is 8. The van der Waals surface area contributed by atoms with Crippen molar-refractivity contribution in [3.05, 3.63) is 112 Å². The molecule has 5 rings (SSSR count). The highest BCUT2D eigenvalue weighted by Crippen LogP contribution is 2.26. The maximum atomic E-state index is 13.4. The number of para-hydroxylation sites is 1. The van der Waals surface area contributed by atoms with Crippen LogP contribution in [0, 0.1) is 0 Å². The molecule has 4 N–H and O–H groups in total. The van der Waals surface area contributed by atoms with Gasteiger partial charge in [-0.05, 0) is 69.2 Å². The molecule has 2 heterocycles. The molecule has 14 heteroatoms. The minimum atomic E-state index is -4.15. The molecule has 244 valence electrons. The Morgan fingerprint density at radius 2 is 1.66 bits per heavy atom. The van der Waals surface area contributed by atoms with Crippen molar-refractivity contribution in [1.82, 2.24) is 14.9 Å². The van der Waals surface area contributed by atoms with Gasteiger partial charge in [0.2, 0.25) is 5.91 Å². The fourth-order valence-corrected chi connectivity index (χ4v) is 5.83. The van der Waals surface area contributed by atoms with Crippen LogP contribution >= 0.6 is 0 Å². The van der Waals surface area contributed by atoms with E-state index in [0.717, 1.165) is 11.8 Å². The van der Waals surface area contributed by atoms with Crippen molar-refractivity contribution in [2.45, 2.75) is 56.7 Å². The van der Waals surface area contributed by atoms with Crippen molar-refractivity contribution >= 4 is 33.5 Å². The van der Waals surface area contributed by atoms with Gasteiger partial charge in [0, 0.05) is 18.5 Å². The van der Waals surface area contributed by atoms with Crippen LogP contribution in [0.4, 0.5) is 10.5 Å². The lowest BCUT2D eigenvalue weighted by Crippen LogP contribution is -2.36. The third-order valence-electron chi connectivity index (χ3n) is 7.00. The third-order valence-corrected chi connectivity index (χ3v) is 8.39. The molecule has 0 spiro atoms. The van der Waals surface area contributed by atoms with Gasteiger partial charge in [-0.25, -0.2) is 18.2 Å². The number of nitrogens with one attached hydrogen (secondary N) is 2. The van der Waals surface area contributed by atoms with E-state index in [1.807, 2.05) is 18.2 Å². The summed E-state index contributed by atoms with van der Waals surface area (Å²) in [6.45, 7) is 5.32. The first-order valence-electron chi connectivity index (χ1n) is 14.7. The first-order valence-corrected chi connectivity index (χ1v) is 16.2. The fraction of sp³-hybridized carbons (Fsp3) is 0.242. The highest BCUT2D eigenvalue weighted by molar-refractivity contribution is 7.92. The second kappa shape index (κ2) is 13.5. The van der Waals surface area contributed by atoms with Gasteiger partial charge in [0.25, 0.3) is 15.6 Å². The van der Waals surface area contributed by atoms with Gasteiger partial charge in [0.15, 0.2) is 0 Å². The monoisotopic (exact) mass is 658 g/mol. The van der Waals surface area contributed by atoms with E-state index in [1.165, 1.54) is 28.8 Å². The van der Waals surface area contributed by atoms with E-state index in [0.29, 0.717) is 35.7 Å². The standard InChI is InChI=1S/C33H34N6O7S/c1-33(2,3)46-32(42)37-29(34)22-11-9-21(10-12-22)19-36-30(40)27-17-18-28-35-20-26(31(41)39(27)28)38-47(43,44)25-15-13-24(14-16-25)45-23-7-5-4-6-8-23/h4-16,20,27,38H,17-19H2,1-3H3,(H,36,40)(H2,34,37,42). The predicted molar refractivity (Wildman–Crippen MR) is 175 cm³/mol. The van der Waals surface area contributed by atoms with Crippen LogP contribution in [0.1, 0.15) is 50.2 Å². The number of carbonyl (C=O) groups is 2. The summed E-state index contributed by atoms with van der Waals surface area (Å²) in [5.41, 5.74) is 5.51. The van der Waals surface area contributed by atoms with Gasteiger partial charge in [0.05, 0.1) is 11.1 Å². The number of nitrogens with two attached hydrogens (primary N) is 1. The van der Waals surface area contributed by atoms with E-state index >= 15 is 0 Å². The van der Waals surface area contributed by atoms with Crippen molar-refractivity contribution in [2.24, 2.45) is 10.7 Å². The molecule has 0 fully saturated rings. The molecule has 3 aromatic carbocycles. The summed E-state index contributed by atoms with van der Waals surface area (Å²) in [4.78, 5) is 46.5. The number of hydrogen-bond donors (Lipinski definition) is 3. The van der Waals surface area contributed by atoms with Crippen LogP contribution in [-0.2, 0) is 32.5 Å². The number of anilines is 1. The number of ether oxygens (including phenoxy) is 2. The van der Waals surface area contributed by atoms with Crippen LogP contribution in [0.5, 0.6) is 11.5 Å². The zero-order valence-electron chi connectivity index (χ0n) is 26.0. The van der Waals surface area contributed by atoms with Gasteiger partial charge in [-0.2, -0.15) is 4.99 Å². The second-order valence-corrected chi connectivity index (χ2v) is 13.4. The number of carbonyl (C=O) groups excluding carboxylic acids is 2. The Balaban J connectivity index is 1.23. The molecule has 0 bridgehead atoms. The van der Waals surface area contributed by atoms with Crippen LogP contribution in [-0.4, -0.2) is 41.4 Å². The van der Waals surface area contributed by atoms with Gasteiger partial charge < -0.3 is 20.5 Å². The lowest BCUT2D eigenvalue weighted by molar-refractivity contribution is -0.124. The van der Waals surface area contributed by atoms with Crippen molar-refractivity contribution in [3.63, 3.8) is 0 Å². The van der Waals surface area contributed by atoms with Gasteiger partial charge in [-0.1, -0.05) is 42.5 Å². The largest absolute Gasteiger partial charge is 0.457 e. The van der Waals surface area contributed by atoms with Crippen molar-refractivity contribution in [3.8, 4) is 11.5 Å². The summed E-state index contributed by atoms with van der Waals surface area (Å²) in [5, 5.41) is 2.82. The van der Waals surface area contributed by atoms with Crippen LogP contribution < -0.4 is 26.1 Å². The third kappa shape index (κ3) is 8.21. The van der Waals surface area contributed by atoms with Gasteiger partial charge in [-0.3, -0.25) is 18.9 Å². The molecule has 1 aliphatic heterocycles. The second-order valence-electron chi connectivity index (χ2n) is 11.7. The molecule has 2 amide bonds. The van der Waals surface area contributed by atoms with E-state index in [1.54, 1.807) is 57.2 Å². The van der Waals surface area contributed by atoms with Gasteiger partial charge in [0.1, 0.15) is 40.5 Å². The molecule has 4 aromatic rings. The quantitative estimate of drug-likeness (QED) is 0.174. The van der Waals surface area contributed by atoms with E-state index in [9.17, 15) is 22.8 Å². The zero-order chi connectivity index (χ0) is 33.8. The SMILES string of the molecule is CC(C)(C)OC(=O)/N=C(\N)c1ccc(CNC(=O)C2CCc3ncc(NS(=O)(=O)c4ccc(Oc5ccccc5)cc4)c(=O)n32)cc1. The number of benzene rings is 3. The molecule has 0 saturated carbocycles. The van der Waals surface area contributed by atoms with Gasteiger partial charge >= 0.3 is 6.09 Å². The Kier molecular flexibility index (Phi) is 9.42. The Morgan fingerprint density at radius 3 is 2.32 bits per heavy atom. The fourth-order valence-electron chi connectivity index (χ4n) is 4.79. The number of sulfonamides is 1. The molecular formula is C33H34N6O7S. The number of rotatable bonds is 9. The van der Waals surface area contributed by atoms with Gasteiger partial charge in [-0.15, -0.1) is 0 Å². The van der Waals surface area contributed by atoms with Crippen molar-refractivity contribution < 1.29 is 27.5 Å². The number of fused-ring (bicyclic) bond motifs is 1. The minimum Gasteiger partial charge on any atom is -0.457 e. The maximum Gasteiger partial charge on any atom is 0.436 e. The lowest BCUT2D eigenvalue weighted by Gasteiger charge is -2.17. The highest BCUT2D eigenvalue weighted by Gasteiger charge is 2.32. The van der Waals surface area contributed by atoms with E-state index in [-0.39, 0.29) is 23.0 Å². The highest BCUT2D eigenvalue weighted by atomic mass is 32.2. The van der Waals surface area contributed by atoms with Crippen LogP contribution in [0.3, 0.4) is 0 Å². The van der Waals surface area contributed by atoms with E-state index in [2.05, 4.69) is 20.0 Å². The van der Waals surface area contributed by atoms with Crippen LogP contribution in [0.15, 0.2) is 99.7 Å². The number of amidine groups is 1. The molecule has 0 saturated heterocycles. The Hall–Kier alpha value is -5.50. The maximum absolute atomic E-state index is 13.4. The molecule has 1 atom stereocenters.